The Labute approximate surface area is 167 Å². The number of halogens is 1. The number of benzene rings is 1. The van der Waals surface area contributed by atoms with Crippen molar-refractivity contribution < 1.29 is 14.3 Å². The van der Waals surface area contributed by atoms with Gasteiger partial charge >= 0.3 is 0 Å². The molecule has 0 aliphatic carbocycles. The van der Waals surface area contributed by atoms with Crippen LogP contribution >= 0.6 is 15.9 Å². The quantitative estimate of drug-likeness (QED) is 0.743. The molecule has 0 radical (unpaired) electrons. The summed E-state index contributed by atoms with van der Waals surface area (Å²) in [5, 5.41) is 4.54. The van der Waals surface area contributed by atoms with E-state index in [1.165, 1.54) is 0 Å². The van der Waals surface area contributed by atoms with Crippen LogP contribution in [0, 0.1) is 19.8 Å². The Morgan fingerprint density at radius 1 is 1.11 bits per heavy atom. The number of carbonyl (C=O) groups is 1. The number of nitrogens with zero attached hydrogens (tertiary/aromatic N) is 3. The minimum atomic E-state index is -0.0818. The van der Waals surface area contributed by atoms with Crippen molar-refractivity contribution >= 4 is 21.8 Å². The highest BCUT2D eigenvalue weighted by molar-refractivity contribution is 9.10. The number of hydrogen-bond acceptors (Lipinski definition) is 4. The molecule has 144 valence electrons. The number of aryl methyl sites for hydroxylation is 1. The van der Waals surface area contributed by atoms with Gasteiger partial charge in [0.15, 0.2) is 6.29 Å². The molecule has 7 heteroatoms. The van der Waals surface area contributed by atoms with Gasteiger partial charge in [-0.1, -0.05) is 0 Å². The molecule has 4 rings (SSSR count). The highest BCUT2D eigenvalue weighted by atomic mass is 79.9. The van der Waals surface area contributed by atoms with Gasteiger partial charge < -0.3 is 14.4 Å². The second-order valence-electron chi connectivity index (χ2n) is 7.18. The summed E-state index contributed by atoms with van der Waals surface area (Å²) in [4.78, 5) is 14.8. The summed E-state index contributed by atoms with van der Waals surface area (Å²) in [6.07, 6.45) is 1.77. The lowest BCUT2D eigenvalue weighted by molar-refractivity contribution is -0.0956. The zero-order valence-electron chi connectivity index (χ0n) is 15.7. The van der Waals surface area contributed by atoms with E-state index in [0.29, 0.717) is 24.7 Å². The first-order chi connectivity index (χ1) is 13.0. The average molecular weight is 434 g/mol. The van der Waals surface area contributed by atoms with Gasteiger partial charge in [-0.25, -0.2) is 4.68 Å². The van der Waals surface area contributed by atoms with E-state index in [1.807, 2.05) is 47.7 Å². The molecule has 2 aliphatic rings. The van der Waals surface area contributed by atoms with Crippen molar-refractivity contribution in [2.75, 3.05) is 26.3 Å². The maximum Gasteiger partial charge on any atom is 0.253 e. The van der Waals surface area contributed by atoms with Gasteiger partial charge in [0.1, 0.15) is 0 Å². The van der Waals surface area contributed by atoms with Gasteiger partial charge in [-0.2, -0.15) is 5.10 Å². The van der Waals surface area contributed by atoms with Crippen LogP contribution in [0.15, 0.2) is 28.7 Å². The summed E-state index contributed by atoms with van der Waals surface area (Å²) in [5.74, 6) is 0.478. The Bertz CT molecular complexity index is 820. The molecule has 6 nitrogen and oxygen atoms in total. The molecular weight excluding hydrogens is 410 g/mol. The molecule has 1 amide bonds. The fourth-order valence-corrected chi connectivity index (χ4v) is 4.07. The molecule has 3 heterocycles. The Morgan fingerprint density at radius 3 is 2.30 bits per heavy atom. The number of rotatable bonds is 3. The van der Waals surface area contributed by atoms with Crippen LogP contribution in [0.2, 0.25) is 0 Å². The van der Waals surface area contributed by atoms with Crippen LogP contribution in [0.5, 0.6) is 0 Å². The zero-order chi connectivity index (χ0) is 19.0. The summed E-state index contributed by atoms with van der Waals surface area (Å²) < 4.78 is 14.1. The summed E-state index contributed by atoms with van der Waals surface area (Å²) >= 11 is 3.55. The van der Waals surface area contributed by atoms with E-state index >= 15 is 0 Å². The van der Waals surface area contributed by atoms with Crippen LogP contribution in [-0.4, -0.2) is 53.2 Å². The number of hydrogen-bond donors (Lipinski definition) is 0. The first-order valence-corrected chi connectivity index (χ1v) is 10.2. The number of ether oxygens (including phenoxy) is 2. The maximum absolute atomic E-state index is 12.8. The molecule has 1 aromatic carbocycles. The van der Waals surface area contributed by atoms with Gasteiger partial charge in [0.05, 0.1) is 34.8 Å². The van der Waals surface area contributed by atoms with Crippen molar-refractivity contribution in [3.8, 4) is 5.69 Å². The van der Waals surface area contributed by atoms with Gasteiger partial charge in [-0.05, 0) is 66.9 Å². The molecule has 0 spiro atoms. The highest BCUT2D eigenvalue weighted by Gasteiger charge is 2.32. The summed E-state index contributed by atoms with van der Waals surface area (Å²) in [6, 6.07) is 7.67. The molecule has 1 aromatic heterocycles. The van der Waals surface area contributed by atoms with Crippen molar-refractivity contribution in [1.29, 1.82) is 0 Å². The summed E-state index contributed by atoms with van der Waals surface area (Å²) in [7, 11) is 0. The van der Waals surface area contributed by atoms with Crippen molar-refractivity contribution in [2.24, 2.45) is 5.92 Å². The van der Waals surface area contributed by atoms with Crippen LogP contribution in [0.25, 0.3) is 5.69 Å². The SMILES string of the molecule is Cc1nn(-c2ccc(C(=O)N3CCC(C4OCCO4)CC3)cc2)c(C)c1Br. The molecule has 2 saturated heterocycles. The standard InChI is InChI=1S/C20H24BrN3O3/c1-13-18(21)14(2)24(22-13)17-5-3-15(4-6-17)19(25)23-9-7-16(8-10-23)20-26-11-12-27-20/h3-6,16,20H,7-12H2,1-2H3. The van der Waals surface area contributed by atoms with Crippen LogP contribution in [0.4, 0.5) is 0 Å². The van der Waals surface area contributed by atoms with Gasteiger partial charge in [0.25, 0.3) is 5.91 Å². The first kappa shape index (κ1) is 18.7. The molecular formula is C20H24BrN3O3. The Balaban J connectivity index is 1.41. The number of amides is 1. The third kappa shape index (κ3) is 3.68. The van der Waals surface area contributed by atoms with Crippen molar-refractivity contribution in [3.63, 3.8) is 0 Å². The molecule has 2 aliphatic heterocycles. The van der Waals surface area contributed by atoms with Gasteiger partial charge in [0.2, 0.25) is 0 Å². The number of aromatic nitrogens is 2. The monoisotopic (exact) mass is 433 g/mol. The molecule has 0 unspecified atom stereocenters. The fraction of sp³-hybridized carbons (Fsp3) is 0.500. The third-order valence-corrected chi connectivity index (χ3v) is 6.57. The predicted molar refractivity (Wildman–Crippen MR) is 105 cm³/mol. The van der Waals surface area contributed by atoms with Crippen molar-refractivity contribution in [3.05, 3.63) is 45.7 Å². The second-order valence-corrected chi connectivity index (χ2v) is 7.98. The zero-order valence-corrected chi connectivity index (χ0v) is 17.2. The van der Waals surface area contributed by atoms with E-state index in [0.717, 1.165) is 47.5 Å². The van der Waals surface area contributed by atoms with E-state index in [-0.39, 0.29) is 12.2 Å². The van der Waals surface area contributed by atoms with E-state index in [4.69, 9.17) is 9.47 Å². The number of piperidine rings is 1. The average Bonchev–Trinajstić information content (AvgIpc) is 3.33. The number of likely N-dealkylation sites (tertiary alicyclic amines) is 1. The van der Waals surface area contributed by atoms with E-state index < -0.39 is 0 Å². The Hall–Kier alpha value is -1.70. The fourth-order valence-electron chi connectivity index (χ4n) is 3.83. The van der Waals surface area contributed by atoms with Crippen LogP contribution < -0.4 is 0 Å². The van der Waals surface area contributed by atoms with E-state index in [1.54, 1.807) is 0 Å². The summed E-state index contributed by atoms with van der Waals surface area (Å²) in [6.45, 7) is 6.85. The van der Waals surface area contributed by atoms with Gasteiger partial charge in [-0.15, -0.1) is 0 Å². The third-order valence-electron chi connectivity index (χ3n) is 5.42. The minimum absolute atomic E-state index is 0.0818. The first-order valence-electron chi connectivity index (χ1n) is 9.39. The lowest BCUT2D eigenvalue weighted by atomic mass is 9.95. The largest absolute Gasteiger partial charge is 0.350 e. The minimum Gasteiger partial charge on any atom is -0.350 e. The smallest absolute Gasteiger partial charge is 0.253 e. The topological polar surface area (TPSA) is 56.6 Å². The maximum atomic E-state index is 12.8. The molecule has 2 aromatic rings. The van der Waals surface area contributed by atoms with Crippen LogP contribution in [-0.2, 0) is 9.47 Å². The molecule has 0 bridgehead atoms. The molecule has 2 fully saturated rings. The molecule has 0 saturated carbocycles. The van der Waals surface area contributed by atoms with Crippen LogP contribution in [0.1, 0.15) is 34.6 Å². The Kier molecular flexibility index (Phi) is 5.34. The lowest BCUT2D eigenvalue weighted by Gasteiger charge is -2.33. The lowest BCUT2D eigenvalue weighted by Crippen LogP contribution is -2.41. The van der Waals surface area contributed by atoms with E-state index in [2.05, 4.69) is 21.0 Å². The van der Waals surface area contributed by atoms with Gasteiger partial charge in [-0.3, -0.25) is 4.79 Å². The second kappa shape index (κ2) is 7.73. The molecule has 0 N–H and O–H groups in total. The number of carbonyl (C=O) groups excluding carboxylic acids is 1. The predicted octanol–water partition coefficient (Wildman–Crippen LogP) is 3.48. The molecule has 0 atom stereocenters. The Morgan fingerprint density at radius 2 is 1.74 bits per heavy atom. The normalized spacial score (nSPS) is 19.0. The summed E-state index contributed by atoms with van der Waals surface area (Å²) in [5.41, 5.74) is 3.66. The van der Waals surface area contributed by atoms with Crippen molar-refractivity contribution in [1.82, 2.24) is 14.7 Å². The molecule has 27 heavy (non-hydrogen) atoms. The van der Waals surface area contributed by atoms with E-state index in [9.17, 15) is 4.79 Å². The highest BCUT2D eigenvalue weighted by Crippen LogP contribution is 2.27. The van der Waals surface area contributed by atoms with Crippen LogP contribution in [0.3, 0.4) is 0 Å². The van der Waals surface area contributed by atoms with Gasteiger partial charge in [0, 0.05) is 24.6 Å². The van der Waals surface area contributed by atoms with Crippen molar-refractivity contribution in [2.45, 2.75) is 33.0 Å².